The Morgan fingerprint density at radius 2 is 1.47 bits per heavy atom. The molecule has 4 rings (SSSR count). The number of carbonyl (C=O) groups excluding carboxylic acids is 2. The van der Waals surface area contributed by atoms with E-state index in [9.17, 15) is 9.59 Å². The number of aryl methyl sites for hydroxylation is 2. The summed E-state index contributed by atoms with van der Waals surface area (Å²) in [6.07, 6.45) is 1.94. The highest BCUT2D eigenvalue weighted by Crippen LogP contribution is 2.46. The van der Waals surface area contributed by atoms with Gasteiger partial charge in [-0.25, -0.2) is 0 Å². The molecule has 0 bridgehead atoms. The van der Waals surface area contributed by atoms with Crippen LogP contribution in [-0.4, -0.2) is 76.5 Å². The Morgan fingerprint density at radius 3 is 1.85 bits per heavy atom. The Kier molecular flexibility index (Phi) is 6.22. The highest BCUT2D eigenvalue weighted by Gasteiger charge is 2.45. The molecule has 0 saturated carbocycles. The van der Waals surface area contributed by atoms with Gasteiger partial charge in [0.15, 0.2) is 5.82 Å². The lowest BCUT2D eigenvalue weighted by atomic mass is 9.68. The van der Waals surface area contributed by atoms with Crippen LogP contribution in [0.15, 0.2) is 36.4 Å². The minimum atomic E-state index is -0.776. The van der Waals surface area contributed by atoms with E-state index in [1.165, 1.54) is 0 Å². The second-order valence-corrected chi connectivity index (χ2v) is 9.47. The van der Waals surface area contributed by atoms with Crippen molar-refractivity contribution in [2.75, 3.05) is 28.2 Å². The van der Waals surface area contributed by atoms with Crippen molar-refractivity contribution in [3.8, 4) is 0 Å². The molecule has 2 aromatic carbocycles. The molecule has 9 nitrogen and oxygen atoms in total. The van der Waals surface area contributed by atoms with E-state index in [0.29, 0.717) is 36.2 Å². The normalized spacial score (nSPS) is 15.0. The molecular formula is C25H31N7O2. The number of tetrazole rings is 1. The van der Waals surface area contributed by atoms with E-state index < -0.39 is 5.41 Å². The standard InChI is InChI=1S/C25H31N7O2/c1-15(26)14-25(24-27-29-30-28-24)20-10-8-18(22(33)31(2)3)12-16(20)6-7-17-13-19(9-11-21(17)25)23(34)32(4)5/h8-13,15H,6-7,14,26H2,1-5H3,(H,27,28,29,30)/t15-/m0/s1. The van der Waals surface area contributed by atoms with Crippen molar-refractivity contribution in [1.29, 1.82) is 0 Å². The maximum Gasteiger partial charge on any atom is 0.253 e. The number of nitrogens with two attached hydrogens (primary N) is 1. The summed E-state index contributed by atoms with van der Waals surface area (Å²) in [6, 6.07) is 11.5. The summed E-state index contributed by atoms with van der Waals surface area (Å²) in [7, 11) is 6.97. The number of carbonyl (C=O) groups is 2. The number of aromatic amines is 1. The number of hydrogen-bond donors (Lipinski definition) is 2. The molecule has 0 fully saturated rings. The van der Waals surface area contributed by atoms with Crippen molar-refractivity contribution in [1.82, 2.24) is 30.4 Å². The molecule has 1 heterocycles. The van der Waals surface area contributed by atoms with Gasteiger partial charge in [0.2, 0.25) is 0 Å². The van der Waals surface area contributed by atoms with Gasteiger partial charge in [0, 0.05) is 45.4 Å². The van der Waals surface area contributed by atoms with Gasteiger partial charge in [0.25, 0.3) is 11.8 Å². The predicted octanol–water partition coefficient (Wildman–Crippen LogP) is 1.77. The summed E-state index contributed by atoms with van der Waals surface area (Å²) in [5, 5.41) is 15.3. The fourth-order valence-corrected chi connectivity index (χ4v) is 5.01. The molecule has 3 aromatic rings. The summed E-state index contributed by atoms with van der Waals surface area (Å²) in [5.41, 5.74) is 11.0. The van der Waals surface area contributed by atoms with Crippen molar-refractivity contribution in [3.05, 3.63) is 75.6 Å². The van der Waals surface area contributed by atoms with Gasteiger partial charge in [-0.2, -0.15) is 5.21 Å². The quantitative estimate of drug-likeness (QED) is 0.597. The van der Waals surface area contributed by atoms with Gasteiger partial charge >= 0.3 is 0 Å². The monoisotopic (exact) mass is 461 g/mol. The van der Waals surface area contributed by atoms with Gasteiger partial charge in [0.1, 0.15) is 0 Å². The highest BCUT2D eigenvalue weighted by molar-refractivity contribution is 5.95. The minimum Gasteiger partial charge on any atom is -0.345 e. The Morgan fingerprint density at radius 1 is 0.971 bits per heavy atom. The zero-order valence-corrected chi connectivity index (χ0v) is 20.3. The van der Waals surface area contributed by atoms with E-state index in [2.05, 4.69) is 20.6 Å². The molecule has 34 heavy (non-hydrogen) atoms. The molecule has 1 aliphatic carbocycles. The maximum absolute atomic E-state index is 12.7. The van der Waals surface area contributed by atoms with Crippen molar-refractivity contribution >= 4 is 11.8 Å². The van der Waals surface area contributed by atoms with Crippen molar-refractivity contribution in [3.63, 3.8) is 0 Å². The van der Waals surface area contributed by atoms with Gasteiger partial charge in [-0.3, -0.25) is 9.59 Å². The van der Waals surface area contributed by atoms with E-state index in [1.54, 1.807) is 38.0 Å². The molecule has 1 aliphatic rings. The Labute approximate surface area is 199 Å². The predicted molar refractivity (Wildman–Crippen MR) is 129 cm³/mol. The summed E-state index contributed by atoms with van der Waals surface area (Å²) >= 11 is 0. The van der Waals surface area contributed by atoms with Gasteiger partial charge < -0.3 is 15.5 Å². The molecule has 0 radical (unpaired) electrons. The van der Waals surface area contributed by atoms with Crippen LogP contribution >= 0.6 is 0 Å². The second-order valence-electron chi connectivity index (χ2n) is 9.47. The molecule has 0 spiro atoms. The number of H-pyrrole nitrogens is 1. The van der Waals surface area contributed by atoms with Crippen molar-refractivity contribution in [2.45, 2.75) is 37.6 Å². The first kappa shape index (κ1) is 23.6. The number of rotatable bonds is 5. The maximum atomic E-state index is 12.7. The Balaban J connectivity index is 2.00. The molecule has 0 unspecified atom stereocenters. The SMILES string of the molecule is C[C@H](N)CC1(c2nn[nH]n2)c2ccc(C(=O)N(C)C)cc2CCc2cc(C(=O)N(C)C)ccc21. The first-order valence-electron chi connectivity index (χ1n) is 11.3. The number of nitrogens with one attached hydrogen (secondary N) is 1. The third kappa shape index (κ3) is 3.96. The van der Waals surface area contributed by atoms with Gasteiger partial charge in [0.05, 0.1) is 5.41 Å². The van der Waals surface area contributed by atoms with Crippen LogP contribution in [-0.2, 0) is 18.3 Å². The van der Waals surface area contributed by atoms with Crippen LogP contribution < -0.4 is 5.73 Å². The van der Waals surface area contributed by atoms with E-state index in [-0.39, 0.29) is 17.9 Å². The number of aromatic nitrogens is 4. The molecule has 2 amide bonds. The molecule has 0 saturated heterocycles. The molecule has 1 aromatic heterocycles. The molecular weight excluding hydrogens is 430 g/mol. The van der Waals surface area contributed by atoms with E-state index in [4.69, 9.17) is 5.73 Å². The van der Waals surface area contributed by atoms with Crippen LogP contribution in [0, 0.1) is 0 Å². The van der Waals surface area contributed by atoms with Gasteiger partial charge in [-0.15, -0.1) is 10.2 Å². The largest absolute Gasteiger partial charge is 0.345 e. The smallest absolute Gasteiger partial charge is 0.253 e. The number of benzene rings is 2. The van der Waals surface area contributed by atoms with Crippen molar-refractivity contribution < 1.29 is 9.59 Å². The zero-order chi connectivity index (χ0) is 24.6. The van der Waals surface area contributed by atoms with Crippen LogP contribution in [0.5, 0.6) is 0 Å². The lowest BCUT2D eigenvalue weighted by Gasteiger charge is -2.35. The minimum absolute atomic E-state index is 0.0548. The fourth-order valence-electron chi connectivity index (χ4n) is 5.01. The summed E-state index contributed by atoms with van der Waals surface area (Å²) in [5.74, 6) is 0.411. The Bertz CT molecular complexity index is 1140. The van der Waals surface area contributed by atoms with E-state index in [1.807, 2.05) is 43.3 Å². The van der Waals surface area contributed by atoms with Gasteiger partial charge in [-0.1, -0.05) is 17.3 Å². The summed E-state index contributed by atoms with van der Waals surface area (Å²) in [6.45, 7) is 1.96. The number of fused-ring (bicyclic) bond motifs is 2. The van der Waals surface area contributed by atoms with Gasteiger partial charge in [-0.05, 0) is 72.7 Å². The Hall–Kier alpha value is -3.59. The number of amides is 2. The topological polar surface area (TPSA) is 121 Å². The summed E-state index contributed by atoms with van der Waals surface area (Å²) < 4.78 is 0. The van der Waals surface area contributed by atoms with E-state index >= 15 is 0 Å². The molecule has 0 aliphatic heterocycles. The van der Waals surface area contributed by atoms with Crippen molar-refractivity contribution in [2.24, 2.45) is 5.73 Å². The first-order valence-corrected chi connectivity index (χ1v) is 11.3. The molecule has 9 heteroatoms. The average molecular weight is 462 g/mol. The third-order valence-corrected chi connectivity index (χ3v) is 6.46. The van der Waals surface area contributed by atoms with Crippen LogP contribution in [0.4, 0.5) is 0 Å². The lowest BCUT2D eigenvalue weighted by molar-refractivity contribution is 0.0820. The highest BCUT2D eigenvalue weighted by atomic mass is 16.2. The molecule has 3 N–H and O–H groups in total. The average Bonchev–Trinajstić information content (AvgIpc) is 3.31. The molecule has 1 atom stereocenters. The van der Waals surface area contributed by atoms with Crippen LogP contribution in [0.1, 0.15) is 62.1 Å². The van der Waals surface area contributed by atoms with Crippen LogP contribution in [0.2, 0.25) is 0 Å². The fraction of sp³-hybridized carbons (Fsp3) is 0.400. The lowest BCUT2D eigenvalue weighted by Crippen LogP contribution is -2.38. The number of nitrogens with zero attached hydrogens (tertiary/aromatic N) is 5. The first-order chi connectivity index (χ1) is 16.1. The number of hydrogen-bond acceptors (Lipinski definition) is 6. The van der Waals surface area contributed by atoms with E-state index in [0.717, 1.165) is 22.3 Å². The molecule has 178 valence electrons. The third-order valence-electron chi connectivity index (χ3n) is 6.46. The second kappa shape index (κ2) is 8.98. The summed E-state index contributed by atoms with van der Waals surface area (Å²) in [4.78, 5) is 28.6. The zero-order valence-electron chi connectivity index (χ0n) is 20.3. The van der Waals surface area contributed by atoms with Crippen LogP contribution in [0.3, 0.4) is 0 Å². The van der Waals surface area contributed by atoms with Crippen LogP contribution in [0.25, 0.3) is 0 Å².